The zero-order chi connectivity index (χ0) is 23.2. The van der Waals surface area contributed by atoms with Gasteiger partial charge in [0.2, 0.25) is 5.95 Å². The molecular weight excluding hydrogens is 408 g/mol. The Bertz CT molecular complexity index is 1020. The molecule has 0 aliphatic heterocycles. The minimum Gasteiger partial charge on any atom is -0.378 e. The lowest BCUT2D eigenvalue weighted by Gasteiger charge is -2.30. The molecule has 4 rings (SSSR count). The van der Waals surface area contributed by atoms with Crippen LogP contribution < -0.4 is 20.4 Å². The zero-order valence-corrected chi connectivity index (χ0v) is 20.5. The normalized spacial score (nSPS) is 18.3. The highest BCUT2D eigenvalue weighted by molar-refractivity contribution is 5.90. The Morgan fingerprint density at radius 2 is 1.52 bits per heavy atom. The SMILES string of the molecule is CN(C)c1ccc(CCCN[C@H]2CC[C@@H](Nc3nc(N(C)C)c4ccccc4n3)CC2)cc1. The topological polar surface area (TPSA) is 56.3 Å². The molecule has 0 radical (unpaired) electrons. The average Bonchev–Trinajstić information content (AvgIpc) is 2.82. The Morgan fingerprint density at radius 1 is 0.818 bits per heavy atom. The number of aromatic nitrogens is 2. The molecule has 176 valence electrons. The second-order valence-electron chi connectivity index (χ2n) is 9.59. The first kappa shape index (κ1) is 23.3. The van der Waals surface area contributed by atoms with E-state index in [0.717, 1.165) is 48.5 Å². The number of para-hydroxylation sites is 1. The molecule has 0 spiro atoms. The Kier molecular flexibility index (Phi) is 7.65. The second-order valence-corrected chi connectivity index (χ2v) is 9.59. The molecule has 1 aliphatic carbocycles. The van der Waals surface area contributed by atoms with Crippen molar-refractivity contribution in [3.63, 3.8) is 0 Å². The van der Waals surface area contributed by atoms with Crippen molar-refractivity contribution in [1.82, 2.24) is 15.3 Å². The molecule has 0 saturated heterocycles. The van der Waals surface area contributed by atoms with Gasteiger partial charge in [0.05, 0.1) is 5.52 Å². The van der Waals surface area contributed by atoms with E-state index in [1.165, 1.54) is 30.5 Å². The minimum atomic E-state index is 0.439. The van der Waals surface area contributed by atoms with E-state index < -0.39 is 0 Å². The molecule has 0 bridgehead atoms. The zero-order valence-electron chi connectivity index (χ0n) is 20.5. The van der Waals surface area contributed by atoms with Gasteiger partial charge in [0.25, 0.3) is 0 Å². The predicted octanol–water partition coefficient (Wildman–Crippen LogP) is 4.71. The van der Waals surface area contributed by atoms with Crippen molar-refractivity contribution in [2.45, 2.75) is 50.6 Å². The number of aryl methyl sites for hydroxylation is 1. The molecule has 1 heterocycles. The van der Waals surface area contributed by atoms with Crippen LogP contribution in [0.1, 0.15) is 37.7 Å². The van der Waals surface area contributed by atoms with Crippen molar-refractivity contribution >= 4 is 28.4 Å². The molecule has 0 amide bonds. The van der Waals surface area contributed by atoms with Gasteiger partial charge in [0, 0.05) is 51.3 Å². The first-order valence-corrected chi connectivity index (χ1v) is 12.2. The molecule has 2 aromatic carbocycles. The highest BCUT2D eigenvalue weighted by Crippen LogP contribution is 2.26. The number of nitrogens with one attached hydrogen (secondary N) is 2. The van der Waals surface area contributed by atoms with Crippen molar-refractivity contribution in [3.8, 4) is 0 Å². The maximum absolute atomic E-state index is 4.80. The van der Waals surface area contributed by atoms with Crippen LogP contribution >= 0.6 is 0 Å². The van der Waals surface area contributed by atoms with Gasteiger partial charge in [0.15, 0.2) is 0 Å². The Hall–Kier alpha value is -2.86. The van der Waals surface area contributed by atoms with Crippen LogP contribution in [0.25, 0.3) is 10.9 Å². The fraction of sp³-hybridized carbons (Fsp3) is 0.481. The monoisotopic (exact) mass is 446 g/mol. The van der Waals surface area contributed by atoms with E-state index >= 15 is 0 Å². The summed E-state index contributed by atoms with van der Waals surface area (Å²) in [6, 6.07) is 18.2. The largest absolute Gasteiger partial charge is 0.378 e. The van der Waals surface area contributed by atoms with E-state index in [9.17, 15) is 0 Å². The lowest BCUT2D eigenvalue weighted by Crippen LogP contribution is -2.37. The van der Waals surface area contributed by atoms with E-state index in [2.05, 4.69) is 70.9 Å². The highest BCUT2D eigenvalue weighted by Gasteiger charge is 2.22. The number of rotatable bonds is 9. The molecular formula is C27H38N6. The first-order valence-electron chi connectivity index (χ1n) is 12.2. The molecule has 1 aliphatic rings. The van der Waals surface area contributed by atoms with E-state index in [1.807, 2.05) is 26.2 Å². The van der Waals surface area contributed by atoms with Crippen molar-refractivity contribution in [2.24, 2.45) is 0 Å². The number of hydrogen-bond acceptors (Lipinski definition) is 6. The number of fused-ring (bicyclic) bond motifs is 1. The first-order chi connectivity index (χ1) is 16.0. The molecule has 0 atom stereocenters. The smallest absolute Gasteiger partial charge is 0.225 e. The van der Waals surface area contributed by atoms with Gasteiger partial charge in [-0.05, 0) is 74.9 Å². The van der Waals surface area contributed by atoms with Crippen LogP contribution in [0.4, 0.5) is 17.5 Å². The molecule has 6 heteroatoms. The highest BCUT2D eigenvalue weighted by atomic mass is 15.2. The lowest BCUT2D eigenvalue weighted by atomic mass is 9.91. The summed E-state index contributed by atoms with van der Waals surface area (Å²) in [6.45, 7) is 1.08. The fourth-order valence-corrected chi connectivity index (χ4v) is 4.65. The van der Waals surface area contributed by atoms with E-state index in [0.29, 0.717) is 12.1 Å². The van der Waals surface area contributed by atoms with Gasteiger partial charge in [-0.1, -0.05) is 24.3 Å². The summed E-state index contributed by atoms with van der Waals surface area (Å²) in [5, 5.41) is 8.48. The number of anilines is 3. The van der Waals surface area contributed by atoms with E-state index in [-0.39, 0.29) is 0 Å². The quantitative estimate of drug-likeness (QED) is 0.465. The summed E-state index contributed by atoms with van der Waals surface area (Å²) in [7, 11) is 8.24. The van der Waals surface area contributed by atoms with Crippen LogP contribution in [0.15, 0.2) is 48.5 Å². The summed E-state index contributed by atoms with van der Waals surface area (Å²) < 4.78 is 0. The third kappa shape index (κ3) is 6.14. The van der Waals surface area contributed by atoms with Crippen LogP contribution in [0.3, 0.4) is 0 Å². The summed E-state index contributed by atoms with van der Waals surface area (Å²) in [4.78, 5) is 13.8. The van der Waals surface area contributed by atoms with Crippen LogP contribution in [0.5, 0.6) is 0 Å². The van der Waals surface area contributed by atoms with Crippen LogP contribution in [0, 0.1) is 0 Å². The minimum absolute atomic E-state index is 0.439. The molecule has 33 heavy (non-hydrogen) atoms. The molecule has 0 unspecified atom stereocenters. The van der Waals surface area contributed by atoms with Crippen molar-refractivity contribution in [3.05, 3.63) is 54.1 Å². The predicted molar refractivity (Wildman–Crippen MR) is 141 cm³/mol. The molecule has 1 fully saturated rings. The van der Waals surface area contributed by atoms with Gasteiger partial charge in [-0.15, -0.1) is 0 Å². The van der Waals surface area contributed by atoms with Crippen LogP contribution in [-0.4, -0.2) is 56.8 Å². The fourth-order valence-electron chi connectivity index (χ4n) is 4.65. The van der Waals surface area contributed by atoms with Crippen molar-refractivity contribution in [1.29, 1.82) is 0 Å². The van der Waals surface area contributed by atoms with Crippen molar-refractivity contribution < 1.29 is 0 Å². The Labute approximate surface area is 198 Å². The number of benzene rings is 2. The molecule has 2 N–H and O–H groups in total. The van der Waals surface area contributed by atoms with Crippen LogP contribution in [0.2, 0.25) is 0 Å². The maximum atomic E-state index is 4.80. The third-order valence-electron chi connectivity index (χ3n) is 6.60. The maximum Gasteiger partial charge on any atom is 0.225 e. The van der Waals surface area contributed by atoms with Gasteiger partial charge in [-0.3, -0.25) is 0 Å². The van der Waals surface area contributed by atoms with Gasteiger partial charge >= 0.3 is 0 Å². The number of hydrogen-bond donors (Lipinski definition) is 2. The molecule has 3 aromatic rings. The second kappa shape index (κ2) is 10.8. The Morgan fingerprint density at radius 3 is 2.21 bits per heavy atom. The molecule has 1 aromatic heterocycles. The summed E-state index contributed by atoms with van der Waals surface area (Å²) in [6.07, 6.45) is 7.00. The van der Waals surface area contributed by atoms with E-state index in [4.69, 9.17) is 9.97 Å². The van der Waals surface area contributed by atoms with Crippen LogP contribution in [-0.2, 0) is 6.42 Å². The molecule has 6 nitrogen and oxygen atoms in total. The lowest BCUT2D eigenvalue weighted by molar-refractivity contribution is 0.352. The average molecular weight is 447 g/mol. The third-order valence-corrected chi connectivity index (χ3v) is 6.60. The van der Waals surface area contributed by atoms with E-state index in [1.54, 1.807) is 0 Å². The van der Waals surface area contributed by atoms with Gasteiger partial charge in [-0.25, -0.2) is 4.98 Å². The van der Waals surface area contributed by atoms with Crippen molar-refractivity contribution in [2.75, 3.05) is 49.9 Å². The number of nitrogens with zero attached hydrogens (tertiary/aromatic N) is 4. The van der Waals surface area contributed by atoms with Gasteiger partial charge in [0.1, 0.15) is 5.82 Å². The van der Waals surface area contributed by atoms with Gasteiger partial charge < -0.3 is 20.4 Å². The summed E-state index contributed by atoms with van der Waals surface area (Å²) in [5.41, 5.74) is 3.67. The Balaban J connectivity index is 1.22. The molecule has 1 saturated carbocycles. The summed E-state index contributed by atoms with van der Waals surface area (Å²) in [5.74, 6) is 1.71. The standard InChI is InChI=1S/C27H38N6/c1-32(2)23-17-11-20(12-18-23)8-7-19-28-21-13-15-22(16-14-21)29-27-30-25-10-6-5-9-24(25)26(31-27)33(3)4/h5-6,9-12,17-18,21-22,28H,7-8,13-16,19H2,1-4H3,(H,29,30,31)/t21-,22+. The summed E-state index contributed by atoms with van der Waals surface area (Å²) >= 11 is 0. The van der Waals surface area contributed by atoms with Gasteiger partial charge in [-0.2, -0.15) is 4.98 Å².